The van der Waals surface area contributed by atoms with Crippen LogP contribution < -0.4 is 15.4 Å². The zero-order chi connectivity index (χ0) is 22.6. The van der Waals surface area contributed by atoms with Crippen LogP contribution in [0.3, 0.4) is 0 Å². The van der Waals surface area contributed by atoms with Crippen LogP contribution in [0.25, 0.3) is 5.69 Å². The van der Waals surface area contributed by atoms with Crippen molar-refractivity contribution in [2.24, 2.45) is 0 Å². The molecular weight excluding hydrogens is 433 g/mol. The summed E-state index contributed by atoms with van der Waals surface area (Å²) < 4.78 is 42.2. The third-order valence-corrected chi connectivity index (χ3v) is 5.72. The Labute approximate surface area is 183 Å². The van der Waals surface area contributed by atoms with Crippen molar-refractivity contribution in [3.63, 3.8) is 0 Å². The van der Waals surface area contributed by atoms with Crippen LogP contribution >= 0.6 is 0 Å². The van der Waals surface area contributed by atoms with E-state index in [2.05, 4.69) is 20.5 Å². The van der Waals surface area contributed by atoms with Gasteiger partial charge in [0.1, 0.15) is 10.7 Å². The summed E-state index contributed by atoms with van der Waals surface area (Å²) in [5, 5.41) is 9.39. The Hall–Kier alpha value is -4.18. The van der Waals surface area contributed by atoms with Gasteiger partial charge in [0.25, 0.3) is 10.0 Å². The fourth-order valence-electron chi connectivity index (χ4n) is 2.83. The standard InChI is InChI=1S/C22H18FN5O3S/c23-16-6-12-20(13-7-16)28-15-21(14-24-28)32(30,31)27-19-10-8-18(9-11-19)26-22(29)25-17-4-2-1-3-5-17/h1-15,27H,(H2,25,26,29). The molecule has 0 spiro atoms. The third kappa shape index (κ3) is 5.10. The van der Waals surface area contributed by atoms with Crippen LogP contribution in [0.4, 0.5) is 26.2 Å². The molecule has 0 saturated heterocycles. The molecule has 0 atom stereocenters. The molecule has 10 heteroatoms. The molecule has 162 valence electrons. The van der Waals surface area contributed by atoms with Gasteiger partial charge >= 0.3 is 6.03 Å². The fourth-order valence-corrected chi connectivity index (χ4v) is 3.82. The van der Waals surface area contributed by atoms with Gasteiger partial charge in [0.05, 0.1) is 18.1 Å². The summed E-state index contributed by atoms with van der Waals surface area (Å²) in [4.78, 5) is 12.0. The SMILES string of the molecule is O=C(Nc1ccccc1)Nc1ccc(NS(=O)(=O)c2cnn(-c3ccc(F)cc3)c2)cc1. The molecule has 0 bridgehead atoms. The number of amides is 2. The number of benzene rings is 3. The van der Waals surface area contributed by atoms with Crippen LogP contribution in [-0.2, 0) is 10.0 Å². The molecule has 0 radical (unpaired) electrons. The summed E-state index contributed by atoms with van der Waals surface area (Å²) in [6.07, 6.45) is 2.54. The Morgan fingerprint density at radius 3 is 2.06 bits per heavy atom. The fraction of sp³-hybridized carbons (Fsp3) is 0. The maximum Gasteiger partial charge on any atom is 0.323 e. The van der Waals surface area contributed by atoms with Crippen LogP contribution in [0.5, 0.6) is 0 Å². The highest BCUT2D eigenvalue weighted by Gasteiger charge is 2.17. The van der Waals surface area contributed by atoms with Gasteiger partial charge in [-0.15, -0.1) is 0 Å². The van der Waals surface area contributed by atoms with E-state index in [0.717, 1.165) is 0 Å². The summed E-state index contributed by atoms with van der Waals surface area (Å²) in [6.45, 7) is 0. The quantitative estimate of drug-likeness (QED) is 0.403. The molecule has 0 aliphatic heterocycles. The second kappa shape index (κ2) is 8.90. The molecule has 3 aromatic carbocycles. The highest BCUT2D eigenvalue weighted by molar-refractivity contribution is 7.92. The predicted molar refractivity (Wildman–Crippen MR) is 120 cm³/mol. The second-order valence-electron chi connectivity index (χ2n) is 6.73. The van der Waals surface area contributed by atoms with Gasteiger partial charge in [-0.05, 0) is 60.7 Å². The number of carbonyl (C=O) groups excluding carboxylic acids is 1. The number of sulfonamides is 1. The van der Waals surface area contributed by atoms with Gasteiger partial charge in [-0.3, -0.25) is 4.72 Å². The maximum atomic E-state index is 13.1. The Bertz CT molecular complexity index is 1320. The molecule has 4 aromatic rings. The molecule has 8 nitrogen and oxygen atoms in total. The average molecular weight is 451 g/mol. The van der Waals surface area contributed by atoms with Gasteiger partial charge in [-0.2, -0.15) is 5.10 Å². The topological polar surface area (TPSA) is 105 Å². The minimum atomic E-state index is -3.89. The molecule has 3 N–H and O–H groups in total. The molecule has 0 fully saturated rings. The van der Waals surface area contributed by atoms with Crippen molar-refractivity contribution in [2.45, 2.75) is 4.90 Å². The first kappa shape index (κ1) is 21.1. The van der Waals surface area contributed by atoms with Crippen LogP contribution in [0, 0.1) is 5.82 Å². The van der Waals surface area contributed by atoms with Gasteiger partial charge in [0, 0.05) is 17.1 Å². The lowest BCUT2D eigenvalue weighted by atomic mass is 10.3. The highest BCUT2D eigenvalue weighted by Crippen LogP contribution is 2.19. The lowest BCUT2D eigenvalue weighted by molar-refractivity contribution is 0.262. The number of nitrogens with zero attached hydrogens (tertiary/aromatic N) is 2. The van der Waals surface area contributed by atoms with Crippen molar-refractivity contribution in [3.8, 4) is 5.69 Å². The number of nitrogens with one attached hydrogen (secondary N) is 3. The molecule has 0 aliphatic carbocycles. The highest BCUT2D eigenvalue weighted by atomic mass is 32.2. The van der Waals surface area contributed by atoms with Gasteiger partial charge in [-0.1, -0.05) is 18.2 Å². The van der Waals surface area contributed by atoms with E-state index >= 15 is 0 Å². The molecule has 1 heterocycles. The molecule has 0 aliphatic rings. The molecule has 0 saturated carbocycles. The summed E-state index contributed by atoms with van der Waals surface area (Å²) in [5.41, 5.74) is 1.98. The molecule has 4 rings (SSSR count). The zero-order valence-corrected chi connectivity index (χ0v) is 17.4. The number of urea groups is 1. The molecule has 0 unspecified atom stereocenters. The van der Waals surface area contributed by atoms with E-state index in [1.165, 1.54) is 53.5 Å². The van der Waals surface area contributed by atoms with Gasteiger partial charge < -0.3 is 10.6 Å². The number of rotatable bonds is 6. The van der Waals surface area contributed by atoms with Crippen LogP contribution in [0.1, 0.15) is 0 Å². The number of halogens is 1. The second-order valence-corrected chi connectivity index (χ2v) is 8.41. The summed E-state index contributed by atoms with van der Waals surface area (Å²) in [6, 6.07) is 20.3. The molecule has 32 heavy (non-hydrogen) atoms. The summed E-state index contributed by atoms with van der Waals surface area (Å²) >= 11 is 0. The first-order chi connectivity index (χ1) is 15.4. The molecule has 2 amide bonds. The molecular formula is C22H18FN5O3S. The predicted octanol–water partition coefficient (Wildman–Crippen LogP) is 4.46. The van der Waals surface area contributed by atoms with E-state index in [4.69, 9.17) is 0 Å². The monoisotopic (exact) mass is 451 g/mol. The number of hydrogen-bond donors (Lipinski definition) is 3. The number of para-hydroxylation sites is 1. The lowest BCUT2D eigenvalue weighted by Crippen LogP contribution is -2.19. The number of anilines is 3. The van der Waals surface area contributed by atoms with Crippen molar-refractivity contribution in [1.82, 2.24) is 9.78 Å². The minimum Gasteiger partial charge on any atom is -0.308 e. The smallest absolute Gasteiger partial charge is 0.308 e. The van der Waals surface area contributed by atoms with E-state index in [0.29, 0.717) is 22.7 Å². The third-order valence-electron chi connectivity index (χ3n) is 4.39. The number of aromatic nitrogens is 2. The number of carbonyl (C=O) groups is 1. The first-order valence-corrected chi connectivity index (χ1v) is 10.9. The Morgan fingerprint density at radius 2 is 1.41 bits per heavy atom. The number of hydrogen-bond acceptors (Lipinski definition) is 4. The van der Waals surface area contributed by atoms with Gasteiger partial charge in [0.2, 0.25) is 0 Å². The largest absolute Gasteiger partial charge is 0.323 e. The van der Waals surface area contributed by atoms with E-state index in [-0.39, 0.29) is 4.90 Å². The van der Waals surface area contributed by atoms with Crippen molar-refractivity contribution < 1.29 is 17.6 Å². The van der Waals surface area contributed by atoms with Crippen LogP contribution in [0.15, 0.2) is 96.2 Å². The van der Waals surface area contributed by atoms with Gasteiger partial charge in [0.15, 0.2) is 0 Å². The average Bonchev–Trinajstić information content (AvgIpc) is 3.28. The Morgan fingerprint density at radius 1 is 0.812 bits per heavy atom. The summed E-state index contributed by atoms with van der Waals surface area (Å²) in [5.74, 6) is -0.397. The Kier molecular flexibility index (Phi) is 5.86. The normalized spacial score (nSPS) is 11.0. The van der Waals surface area contributed by atoms with Gasteiger partial charge in [-0.25, -0.2) is 22.3 Å². The molecule has 1 aromatic heterocycles. The van der Waals surface area contributed by atoms with Crippen LogP contribution in [0.2, 0.25) is 0 Å². The first-order valence-electron chi connectivity index (χ1n) is 9.46. The van der Waals surface area contributed by atoms with Crippen molar-refractivity contribution in [1.29, 1.82) is 0 Å². The van der Waals surface area contributed by atoms with Crippen molar-refractivity contribution in [2.75, 3.05) is 15.4 Å². The maximum absolute atomic E-state index is 13.1. The lowest BCUT2D eigenvalue weighted by Gasteiger charge is -2.09. The Balaban J connectivity index is 1.40. The van der Waals surface area contributed by atoms with Crippen molar-refractivity contribution >= 4 is 33.1 Å². The van der Waals surface area contributed by atoms with Crippen LogP contribution in [-0.4, -0.2) is 24.2 Å². The van der Waals surface area contributed by atoms with E-state index in [1.807, 2.05) is 6.07 Å². The van der Waals surface area contributed by atoms with E-state index in [9.17, 15) is 17.6 Å². The van der Waals surface area contributed by atoms with Crippen molar-refractivity contribution in [3.05, 3.63) is 97.1 Å². The summed E-state index contributed by atoms with van der Waals surface area (Å²) in [7, 11) is -3.89. The zero-order valence-electron chi connectivity index (χ0n) is 16.6. The van der Waals surface area contributed by atoms with E-state index in [1.54, 1.807) is 36.4 Å². The minimum absolute atomic E-state index is 0.0498. The van der Waals surface area contributed by atoms with E-state index < -0.39 is 21.9 Å².